The van der Waals surface area contributed by atoms with Crippen LogP contribution in [0.2, 0.25) is 0 Å². The monoisotopic (exact) mass is 408 g/mol. The summed E-state index contributed by atoms with van der Waals surface area (Å²) in [7, 11) is 1.84. The summed E-state index contributed by atoms with van der Waals surface area (Å²) in [5.41, 5.74) is 9.38. The molecule has 1 amide bonds. The molecule has 0 saturated carbocycles. The third-order valence-electron chi connectivity index (χ3n) is 4.80. The van der Waals surface area contributed by atoms with Gasteiger partial charge in [0.2, 0.25) is 0 Å². The number of nitrogens with two attached hydrogens (primary N) is 1. The van der Waals surface area contributed by atoms with E-state index in [4.69, 9.17) is 5.73 Å². The number of nitrogens with one attached hydrogen (secondary N) is 4. The van der Waals surface area contributed by atoms with Crippen molar-refractivity contribution < 1.29 is 4.79 Å². The van der Waals surface area contributed by atoms with Gasteiger partial charge in [-0.15, -0.1) is 11.3 Å². The lowest BCUT2D eigenvalue weighted by Crippen LogP contribution is -2.38. The third kappa shape index (κ3) is 4.40. The standard InChI is InChI=1S/C21H24N6OS/c1-23-21-24-9-8-17(27-21)18-6-7-19(29-18)20(28)26-12-14(22)10-13-11-25-16-5-3-2-4-15(13)16/h2-9,11,14,21,23-25H,10,12,22H2,1H3,(H,26,28)/t14-,21?/m0/s1. The van der Waals surface area contributed by atoms with E-state index in [1.807, 2.05) is 55.9 Å². The van der Waals surface area contributed by atoms with Crippen molar-refractivity contribution in [1.82, 2.24) is 20.9 Å². The molecule has 0 aliphatic carbocycles. The predicted octanol–water partition coefficient (Wildman–Crippen LogP) is 1.94. The number of benzene rings is 1. The SMILES string of the molecule is CNC1N=C(c2ccc(C(=O)NC[C@@H](N)Cc3c[nH]c4ccccc34)s2)C=CN1. The van der Waals surface area contributed by atoms with Crippen LogP contribution in [0, 0.1) is 0 Å². The van der Waals surface area contributed by atoms with E-state index in [1.54, 1.807) is 0 Å². The van der Waals surface area contributed by atoms with Crippen LogP contribution in [-0.4, -0.2) is 42.5 Å². The number of H-pyrrole nitrogens is 1. The Labute approximate surface area is 173 Å². The molecule has 6 N–H and O–H groups in total. The Morgan fingerprint density at radius 2 is 2.17 bits per heavy atom. The second-order valence-corrected chi connectivity index (χ2v) is 7.99. The number of hydrogen-bond donors (Lipinski definition) is 5. The van der Waals surface area contributed by atoms with Gasteiger partial charge in [-0.1, -0.05) is 18.2 Å². The number of para-hydroxylation sites is 1. The number of rotatable bonds is 7. The van der Waals surface area contributed by atoms with Gasteiger partial charge in [0.25, 0.3) is 5.91 Å². The molecular weight excluding hydrogens is 384 g/mol. The molecule has 150 valence electrons. The number of nitrogens with zero attached hydrogens (tertiary/aromatic N) is 1. The predicted molar refractivity (Wildman–Crippen MR) is 118 cm³/mol. The number of amides is 1. The van der Waals surface area contributed by atoms with Crippen LogP contribution in [0.15, 0.2) is 59.9 Å². The van der Waals surface area contributed by atoms with Crippen LogP contribution in [0.5, 0.6) is 0 Å². The van der Waals surface area contributed by atoms with Crippen LogP contribution in [0.25, 0.3) is 10.9 Å². The summed E-state index contributed by atoms with van der Waals surface area (Å²) in [6, 6.07) is 11.7. The lowest BCUT2D eigenvalue weighted by molar-refractivity contribution is 0.0955. The van der Waals surface area contributed by atoms with Gasteiger partial charge in [0.1, 0.15) is 0 Å². The first-order valence-corrected chi connectivity index (χ1v) is 10.3. The molecule has 0 saturated heterocycles. The van der Waals surface area contributed by atoms with Crippen molar-refractivity contribution in [2.75, 3.05) is 13.6 Å². The molecule has 1 unspecified atom stereocenters. The maximum absolute atomic E-state index is 12.5. The van der Waals surface area contributed by atoms with Gasteiger partial charge in [-0.05, 0) is 43.3 Å². The number of carbonyl (C=O) groups excluding carboxylic acids is 1. The van der Waals surface area contributed by atoms with Gasteiger partial charge in [0.05, 0.1) is 15.5 Å². The molecule has 1 aliphatic rings. The van der Waals surface area contributed by atoms with Crippen LogP contribution in [0.3, 0.4) is 0 Å². The van der Waals surface area contributed by atoms with Crippen LogP contribution in [0.4, 0.5) is 0 Å². The highest BCUT2D eigenvalue weighted by Gasteiger charge is 2.16. The molecular formula is C21H24N6OS. The molecule has 29 heavy (non-hydrogen) atoms. The van der Waals surface area contributed by atoms with Crippen molar-refractivity contribution >= 4 is 33.9 Å². The van der Waals surface area contributed by atoms with Gasteiger partial charge in [-0.25, -0.2) is 4.99 Å². The van der Waals surface area contributed by atoms with Crippen molar-refractivity contribution in [1.29, 1.82) is 0 Å². The zero-order valence-corrected chi connectivity index (χ0v) is 16.9. The number of aliphatic imine (C=N–C) groups is 1. The molecule has 1 aliphatic heterocycles. The first-order chi connectivity index (χ1) is 14.1. The maximum atomic E-state index is 12.5. The number of thiophene rings is 1. The summed E-state index contributed by atoms with van der Waals surface area (Å²) in [4.78, 5) is 21.9. The molecule has 1 aromatic carbocycles. The molecule has 0 radical (unpaired) electrons. The number of aromatic nitrogens is 1. The number of hydrogen-bond acceptors (Lipinski definition) is 6. The van der Waals surface area contributed by atoms with Gasteiger partial charge in [0.15, 0.2) is 6.29 Å². The van der Waals surface area contributed by atoms with E-state index in [9.17, 15) is 4.79 Å². The average Bonchev–Trinajstić information content (AvgIpc) is 3.40. The summed E-state index contributed by atoms with van der Waals surface area (Å²) in [5, 5.41) is 10.3. The Kier molecular flexibility index (Phi) is 5.75. The van der Waals surface area contributed by atoms with E-state index in [0.29, 0.717) is 17.8 Å². The lowest BCUT2D eigenvalue weighted by Gasteiger charge is -2.16. The smallest absolute Gasteiger partial charge is 0.261 e. The average molecular weight is 409 g/mol. The molecule has 7 nitrogen and oxygen atoms in total. The quantitative estimate of drug-likeness (QED) is 0.412. The fraction of sp³-hybridized carbons (Fsp3) is 0.238. The Hall–Kier alpha value is -2.94. The van der Waals surface area contributed by atoms with Gasteiger partial charge < -0.3 is 21.4 Å². The molecule has 0 bridgehead atoms. The minimum Gasteiger partial charge on any atom is -0.361 e. The summed E-state index contributed by atoms with van der Waals surface area (Å²) in [6.07, 6.45) is 6.28. The van der Waals surface area contributed by atoms with Crippen molar-refractivity contribution in [3.8, 4) is 0 Å². The zero-order chi connectivity index (χ0) is 20.2. The molecule has 3 aromatic rings. The second kappa shape index (κ2) is 8.60. The van der Waals surface area contributed by atoms with E-state index in [1.165, 1.54) is 16.7 Å². The Balaban J connectivity index is 1.34. The number of allylic oxidation sites excluding steroid dienone is 1. The summed E-state index contributed by atoms with van der Waals surface area (Å²) in [5.74, 6) is -0.112. The Morgan fingerprint density at radius 3 is 3.03 bits per heavy atom. The lowest BCUT2D eigenvalue weighted by atomic mass is 10.1. The number of aromatic amines is 1. The molecule has 0 fully saturated rings. The molecule has 3 heterocycles. The van der Waals surface area contributed by atoms with Gasteiger partial charge >= 0.3 is 0 Å². The minimum atomic E-state index is -0.161. The molecule has 8 heteroatoms. The first-order valence-electron chi connectivity index (χ1n) is 9.50. The van der Waals surface area contributed by atoms with Crippen molar-refractivity contribution in [3.05, 3.63) is 70.2 Å². The van der Waals surface area contributed by atoms with Crippen LogP contribution in [0.1, 0.15) is 20.1 Å². The summed E-state index contributed by atoms with van der Waals surface area (Å²) < 4.78 is 0. The molecule has 2 aromatic heterocycles. The van der Waals surface area contributed by atoms with Gasteiger partial charge in [0, 0.05) is 35.9 Å². The zero-order valence-electron chi connectivity index (χ0n) is 16.1. The van der Waals surface area contributed by atoms with E-state index >= 15 is 0 Å². The Bertz CT molecular complexity index is 1070. The fourth-order valence-electron chi connectivity index (χ4n) is 3.29. The number of fused-ring (bicyclic) bond motifs is 1. The second-order valence-electron chi connectivity index (χ2n) is 6.90. The fourth-order valence-corrected chi connectivity index (χ4v) is 4.19. The van der Waals surface area contributed by atoms with E-state index < -0.39 is 0 Å². The van der Waals surface area contributed by atoms with Crippen LogP contribution < -0.4 is 21.7 Å². The maximum Gasteiger partial charge on any atom is 0.261 e. The molecule has 4 rings (SSSR count). The largest absolute Gasteiger partial charge is 0.361 e. The molecule has 0 spiro atoms. The minimum absolute atomic E-state index is 0.112. The van der Waals surface area contributed by atoms with Crippen LogP contribution >= 0.6 is 11.3 Å². The van der Waals surface area contributed by atoms with E-state index in [-0.39, 0.29) is 18.2 Å². The third-order valence-corrected chi connectivity index (χ3v) is 5.91. The highest BCUT2D eigenvalue weighted by molar-refractivity contribution is 7.16. The highest BCUT2D eigenvalue weighted by atomic mass is 32.1. The number of carbonyl (C=O) groups is 1. The highest BCUT2D eigenvalue weighted by Crippen LogP contribution is 2.20. The summed E-state index contributed by atoms with van der Waals surface area (Å²) >= 11 is 1.42. The summed E-state index contributed by atoms with van der Waals surface area (Å²) in [6.45, 7) is 0.415. The van der Waals surface area contributed by atoms with Crippen molar-refractivity contribution in [2.24, 2.45) is 10.7 Å². The first kappa shape index (κ1) is 19.4. The topological polar surface area (TPSA) is 107 Å². The van der Waals surface area contributed by atoms with Crippen molar-refractivity contribution in [3.63, 3.8) is 0 Å². The van der Waals surface area contributed by atoms with E-state index in [0.717, 1.165) is 21.7 Å². The van der Waals surface area contributed by atoms with Gasteiger partial charge in [-0.2, -0.15) is 0 Å². The van der Waals surface area contributed by atoms with Crippen LogP contribution in [-0.2, 0) is 6.42 Å². The normalized spacial score (nSPS) is 17.0. The molecule has 2 atom stereocenters. The van der Waals surface area contributed by atoms with Crippen molar-refractivity contribution in [2.45, 2.75) is 18.8 Å². The Morgan fingerprint density at radius 1 is 1.31 bits per heavy atom. The van der Waals surface area contributed by atoms with E-state index in [2.05, 4.69) is 32.0 Å². The van der Waals surface area contributed by atoms with Gasteiger partial charge in [-0.3, -0.25) is 10.1 Å².